The van der Waals surface area contributed by atoms with Crippen molar-refractivity contribution in [3.05, 3.63) is 47.8 Å². The largest absolute Gasteiger partial charge is 0.489 e. The number of carbonyl (C=O) groups is 1. The van der Waals surface area contributed by atoms with Gasteiger partial charge in [-0.2, -0.15) is 5.11 Å². The van der Waals surface area contributed by atoms with Crippen molar-refractivity contribution in [2.75, 3.05) is 30.1 Å². The highest BCUT2D eigenvalue weighted by molar-refractivity contribution is 5.74. The number of hydrogen-bond donors (Lipinski definition) is 1. The highest BCUT2D eigenvalue weighted by Gasteiger charge is 2.28. The summed E-state index contributed by atoms with van der Waals surface area (Å²) in [7, 11) is 0. The predicted molar refractivity (Wildman–Crippen MR) is 99.7 cm³/mol. The van der Waals surface area contributed by atoms with E-state index in [-0.39, 0.29) is 24.0 Å². The van der Waals surface area contributed by atoms with Gasteiger partial charge in [0, 0.05) is 24.6 Å². The van der Waals surface area contributed by atoms with Crippen LogP contribution >= 0.6 is 0 Å². The van der Waals surface area contributed by atoms with Gasteiger partial charge in [-0.15, -0.1) is 0 Å². The summed E-state index contributed by atoms with van der Waals surface area (Å²) in [5, 5.41) is 11.4. The number of anilines is 2. The second-order valence-corrected chi connectivity index (χ2v) is 6.71. The number of halogens is 2. The molecule has 3 heterocycles. The molecular formula is C19H19F2N5O3. The normalized spacial score (nSPS) is 19.4. The van der Waals surface area contributed by atoms with Crippen molar-refractivity contribution < 1.29 is 23.0 Å². The van der Waals surface area contributed by atoms with E-state index < -0.39 is 17.7 Å². The number of carbonyl (C=O) groups excluding carboxylic acids is 1. The molecule has 1 aromatic heterocycles. The molecule has 0 radical (unpaired) electrons. The van der Waals surface area contributed by atoms with E-state index in [0.717, 1.165) is 35.5 Å². The van der Waals surface area contributed by atoms with Gasteiger partial charge in [0.2, 0.25) is 6.41 Å². The van der Waals surface area contributed by atoms with Crippen LogP contribution in [-0.2, 0) is 9.53 Å². The van der Waals surface area contributed by atoms with Crippen molar-refractivity contribution in [2.45, 2.75) is 25.0 Å². The first-order valence-electron chi connectivity index (χ1n) is 9.21. The van der Waals surface area contributed by atoms with Gasteiger partial charge in [0.1, 0.15) is 23.6 Å². The summed E-state index contributed by atoms with van der Waals surface area (Å²) in [6.07, 6.45) is 5.26. The van der Waals surface area contributed by atoms with E-state index in [9.17, 15) is 13.6 Å². The van der Waals surface area contributed by atoms with Gasteiger partial charge in [0.15, 0.2) is 11.6 Å². The predicted octanol–water partition coefficient (Wildman–Crippen LogP) is 3.41. The maximum atomic E-state index is 14.6. The van der Waals surface area contributed by atoms with E-state index in [1.165, 1.54) is 0 Å². The first kappa shape index (κ1) is 19.2. The van der Waals surface area contributed by atoms with Gasteiger partial charge in [-0.25, -0.2) is 13.8 Å². The quantitative estimate of drug-likeness (QED) is 0.747. The number of nitrogens with zero attached hydrogens (tertiary/aromatic N) is 4. The van der Waals surface area contributed by atoms with Crippen LogP contribution < -0.4 is 15.1 Å². The first-order valence-corrected chi connectivity index (χ1v) is 9.21. The van der Waals surface area contributed by atoms with Crippen LogP contribution in [0.5, 0.6) is 5.75 Å². The van der Waals surface area contributed by atoms with E-state index in [1.54, 1.807) is 12.4 Å². The molecule has 1 unspecified atom stereocenters. The Bertz CT molecular complexity index is 921. The van der Waals surface area contributed by atoms with Crippen molar-refractivity contribution >= 4 is 17.8 Å². The van der Waals surface area contributed by atoms with Crippen LogP contribution in [0.2, 0.25) is 0 Å². The highest BCUT2D eigenvalue weighted by Crippen LogP contribution is 2.35. The number of pyridine rings is 1. The molecule has 1 amide bonds. The van der Waals surface area contributed by atoms with Crippen LogP contribution in [-0.4, -0.2) is 37.3 Å². The molecule has 4 rings (SSSR count). The third-order valence-electron chi connectivity index (χ3n) is 4.77. The van der Waals surface area contributed by atoms with Crippen LogP contribution in [0, 0.1) is 11.6 Å². The molecule has 1 aromatic carbocycles. The highest BCUT2D eigenvalue weighted by atomic mass is 19.1. The average molecular weight is 403 g/mol. The molecule has 29 heavy (non-hydrogen) atoms. The van der Waals surface area contributed by atoms with Crippen molar-refractivity contribution in [3.8, 4) is 5.75 Å². The summed E-state index contributed by atoms with van der Waals surface area (Å²) in [5.41, 5.74) is 0.220. The second kappa shape index (κ2) is 8.48. The molecule has 152 valence electrons. The molecule has 1 saturated heterocycles. The van der Waals surface area contributed by atoms with Crippen LogP contribution in [0.4, 0.5) is 20.2 Å². The molecule has 2 aromatic rings. The number of nitrogens with one attached hydrogen (secondary N) is 1. The molecule has 2 aliphatic rings. The van der Waals surface area contributed by atoms with E-state index in [2.05, 4.69) is 20.6 Å². The van der Waals surface area contributed by atoms with E-state index in [4.69, 9.17) is 9.47 Å². The SMILES string of the molecule is O=CNc1ccc(F)c(N2CC(c3cncc(OC4CCOCC4)c3)N=N2)c1F. The topological polar surface area (TPSA) is 88.4 Å². The van der Waals surface area contributed by atoms with Gasteiger partial charge in [-0.3, -0.25) is 9.78 Å². The minimum atomic E-state index is -0.911. The third-order valence-corrected chi connectivity index (χ3v) is 4.77. The molecule has 8 nitrogen and oxygen atoms in total. The van der Waals surface area contributed by atoms with E-state index in [1.807, 2.05) is 6.07 Å². The molecule has 1 atom stereocenters. The maximum Gasteiger partial charge on any atom is 0.211 e. The van der Waals surface area contributed by atoms with Crippen molar-refractivity contribution in [2.24, 2.45) is 10.3 Å². The van der Waals surface area contributed by atoms with Gasteiger partial charge in [-0.05, 0) is 18.2 Å². The van der Waals surface area contributed by atoms with Crippen LogP contribution in [0.25, 0.3) is 0 Å². The lowest BCUT2D eigenvalue weighted by Gasteiger charge is -2.23. The fourth-order valence-electron chi connectivity index (χ4n) is 3.29. The monoisotopic (exact) mass is 403 g/mol. The van der Waals surface area contributed by atoms with E-state index >= 15 is 0 Å². The number of ether oxygens (including phenoxy) is 2. The molecular weight excluding hydrogens is 384 g/mol. The molecule has 1 fully saturated rings. The Morgan fingerprint density at radius 2 is 2.07 bits per heavy atom. The number of amides is 1. The number of benzene rings is 1. The van der Waals surface area contributed by atoms with Crippen molar-refractivity contribution in [1.29, 1.82) is 0 Å². The molecule has 10 heteroatoms. The lowest BCUT2D eigenvalue weighted by atomic mass is 10.1. The zero-order valence-electron chi connectivity index (χ0n) is 15.4. The Labute approximate surface area is 165 Å². The summed E-state index contributed by atoms with van der Waals surface area (Å²) in [6.45, 7) is 1.46. The summed E-state index contributed by atoms with van der Waals surface area (Å²) in [4.78, 5) is 14.8. The van der Waals surface area contributed by atoms with Gasteiger partial charge in [0.25, 0.3) is 0 Å². The lowest BCUT2D eigenvalue weighted by molar-refractivity contribution is -0.105. The molecule has 0 spiro atoms. The summed E-state index contributed by atoms with van der Waals surface area (Å²) < 4.78 is 40.1. The van der Waals surface area contributed by atoms with Crippen molar-refractivity contribution in [1.82, 2.24) is 4.98 Å². The summed E-state index contributed by atoms with van der Waals surface area (Å²) in [5.74, 6) is -1.10. The fourth-order valence-corrected chi connectivity index (χ4v) is 3.29. The van der Waals surface area contributed by atoms with Crippen molar-refractivity contribution in [3.63, 3.8) is 0 Å². The first-order chi connectivity index (χ1) is 14.2. The van der Waals surface area contributed by atoms with Crippen LogP contribution in [0.3, 0.4) is 0 Å². The Hall–Kier alpha value is -3.14. The molecule has 0 saturated carbocycles. The molecule has 0 aliphatic carbocycles. The number of hydrogen-bond acceptors (Lipinski definition) is 7. The minimum Gasteiger partial charge on any atom is -0.489 e. The Morgan fingerprint density at radius 1 is 1.24 bits per heavy atom. The zero-order chi connectivity index (χ0) is 20.2. The summed E-state index contributed by atoms with van der Waals surface area (Å²) in [6, 6.07) is 3.57. The molecule has 2 aliphatic heterocycles. The fraction of sp³-hybridized carbons (Fsp3) is 0.368. The zero-order valence-corrected chi connectivity index (χ0v) is 15.4. The summed E-state index contributed by atoms with van der Waals surface area (Å²) >= 11 is 0. The molecule has 0 bridgehead atoms. The maximum absolute atomic E-state index is 14.6. The van der Waals surface area contributed by atoms with Gasteiger partial charge >= 0.3 is 0 Å². The number of rotatable bonds is 6. The second-order valence-electron chi connectivity index (χ2n) is 6.71. The van der Waals surface area contributed by atoms with Crippen LogP contribution in [0.1, 0.15) is 24.4 Å². The lowest BCUT2D eigenvalue weighted by Crippen LogP contribution is -2.26. The minimum absolute atomic E-state index is 0.0683. The average Bonchev–Trinajstić information content (AvgIpc) is 3.21. The molecule has 1 N–H and O–H groups in total. The third kappa shape index (κ3) is 4.16. The van der Waals surface area contributed by atoms with Gasteiger partial charge in [-0.1, -0.05) is 5.22 Å². The standard InChI is InChI=1S/C19H19F2N5O3/c20-15-1-2-16(23-11-27)18(21)19(15)26-10-17(24-25-26)12-7-14(9-22-8-12)29-13-3-5-28-6-4-13/h1-2,7-9,11,13,17H,3-6,10H2,(H,23,27). The van der Waals surface area contributed by atoms with E-state index in [0.29, 0.717) is 25.4 Å². The van der Waals surface area contributed by atoms with Crippen LogP contribution in [0.15, 0.2) is 40.9 Å². The number of aromatic nitrogens is 1. The smallest absolute Gasteiger partial charge is 0.211 e. The Kier molecular flexibility index (Phi) is 5.61. The van der Waals surface area contributed by atoms with Gasteiger partial charge in [0.05, 0.1) is 31.6 Å². The van der Waals surface area contributed by atoms with Gasteiger partial charge < -0.3 is 14.8 Å². The Balaban J connectivity index is 1.49. The Morgan fingerprint density at radius 3 is 2.86 bits per heavy atom.